The molecule has 0 aromatic heterocycles. The van der Waals surface area contributed by atoms with Gasteiger partial charge in [-0.05, 0) is 35.9 Å². The summed E-state index contributed by atoms with van der Waals surface area (Å²) in [7, 11) is 1.77. The van der Waals surface area contributed by atoms with Gasteiger partial charge in [-0.3, -0.25) is 15.1 Å². The summed E-state index contributed by atoms with van der Waals surface area (Å²) in [5.41, 5.74) is 1.68. The fraction of sp³-hybridized carbons (Fsp3) is 0.133. The number of fused-ring (bicyclic) bond motifs is 1. The molecule has 0 radical (unpaired) electrons. The minimum Gasteiger partial charge on any atom is -0.454 e. The molecule has 1 aliphatic rings. The third kappa shape index (κ3) is 2.83. The normalized spacial score (nSPS) is 12.6. The first-order valence-electron chi connectivity index (χ1n) is 6.55. The van der Waals surface area contributed by atoms with Crippen LogP contribution in [-0.4, -0.2) is 25.0 Å². The molecule has 2 aromatic rings. The molecule has 112 valence electrons. The molecule has 2 aromatic carbocycles. The van der Waals surface area contributed by atoms with Crippen molar-refractivity contribution in [3.63, 3.8) is 0 Å². The first-order valence-corrected chi connectivity index (χ1v) is 6.55. The number of nitro benzene ring substituents is 1. The number of nitrogens with zero attached hydrogens (tertiary/aromatic N) is 3. The number of rotatable bonds is 4. The molecule has 0 saturated carbocycles. The lowest BCUT2D eigenvalue weighted by Gasteiger charge is -2.12. The van der Waals surface area contributed by atoms with Gasteiger partial charge in [0.25, 0.3) is 5.69 Å². The van der Waals surface area contributed by atoms with Crippen molar-refractivity contribution in [2.24, 2.45) is 5.10 Å². The highest BCUT2D eigenvalue weighted by molar-refractivity contribution is 5.81. The van der Waals surface area contributed by atoms with Crippen molar-refractivity contribution in [2.75, 3.05) is 18.8 Å². The summed E-state index contributed by atoms with van der Waals surface area (Å²) >= 11 is 0. The van der Waals surface area contributed by atoms with Gasteiger partial charge in [-0.1, -0.05) is 0 Å². The van der Waals surface area contributed by atoms with Crippen LogP contribution in [0.1, 0.15) is 5.56 Å². The number of nitro groups is 1. The van der Waals surface area contributed by atoms with Crippen LogP contribution in [0, 0.1) is 10.1 Å². The Balaban J connectivity index is 1.73. The van der Waals surface area contributed by atoms with E-state index in [4.69, 9.17) is 9.47 Å². The molecule has 0 aliphatic carbocycles. The van der Waals surface area contributed by atoms with E-state index in [-0.39, 0.29) is 12.5 Å². The highest BCUT2D eigenvalue weighted by Gasteiger charge is 2.12. The van der Waals surface area contributed by atoms with Crippen molar-refractivity contribution >= 4 is 17.6 Å². The number of anilines is 1. The van der Waals surface area contributed by atoms with Crippen LogP contribution in [0.2, 0.25) is 0 Å². The number of ether oxygens (including phenoxy) is 2. The van der Waals surface area contributed by atoms with Crippen molar-refractivity contribution in [3.05, 3.63) is 58.1 Å². The fourth-order valence-electron chi connectivity index (χ4n) is 2.00. The summed E-state index contributed by atoms with van der Waals surface area (Å²) < 4.78 is 10.6. The Morgan fingerprint density at radius 2 is 1.91 bits per heavy atom. The molecule has 0 saturated heterocycles. The van der Waals surface area contributed by atoms with E-state index in [0.717, 1.165) is 17.0 Å². The van der Waals surface area contributed by atoms with Gasteiger partial charge in [0.05, 0.1) is 16.8 Å². The zero-order valence-corrected chi connectivity index (χ0v) is 11.8. The van der Waals surface area contributed by atoms with Crippen LogP contribution in [0.15, 0.2) is 47.6 Å². The second kappa shape index (κ2) is 5.72. The molecule has 1 heterocycles. The van der Waals surface area contributed by atoms with E-state index in [1.165, 1.54) is 12.1 Å². The van der Waals surface area contributed by atoms with Crippen LogP contribution < -0.4 is 14.5 Å². The van der Waals surface area contributed by atoms with Crippen LogP contribution in [0.4, 0.5) is 11.4 Å². The van der Waals surface area contributed by atoms with Gasteiger partial charge in [0.2, 0.25) is 6.79 Å². The van der Waals surface area contributed by atoms with E-state index in [0.29, 0.717) is 5.75 Å². The third-order valence-corrected chi connectivity index (χ3v) is 3.21. The van der Waals surface area contributed by atoms with Crippen LogP contribution in [0.25, 0.3) is 0 Å². The fourth-order valence-corrected chi connectivity index (χ4v) is 2.00. The van der Waals surface area contributed by atoms with Crippen molar-refractivity contribution < 1.29 is 14.4 Å². The van der Waals surface area contributed by atoms with E-state index in [1.54, 1.807) is 30.4 Å². The topological polar surface area (TPSA) is 77.2 Å². The number of hydrogen-bond acceptors (Lipinski definition) is 6. The second-order valence-corrected chi connectivity index (χ2v) is 4.65. The van der Waals surface area contributed by atoms with Gasteiger partial charge in [0.15, 0.2) is 11.5 Å². The Hall–Kier alpha value is -3.09. The first-order chi connectivity index (χ1) is 10.6. The maximum Gasteiger partial charge on any atom is 0.269 e. The summed E-state index contributed by atoms with van der Waals surface area (Å²) in [5.74, 6) is 1.42. The van der Waals surface area contributed by atoms with Crippen molar-refractivity contribution in [2.45, 2.75) is 0 Å². The van der Waals surface area contributed by atoms with Gasteiger partial charge in [0.1, 0.15) is 0 Å². The number of hydrogen-bond donors (Lipinski definition) is 0. The average molecular weight is 299 g/mol. The van der Waals surface area contributed by atoms with Crippen molar-refractivity contribution in [1.82, 2.24) is 0 Å². The Bertz CT molecular complexity index is 728. The van der Waals surface area contributed by atoms with E-state index in [2.05, 4.69) is 5.10 Å². The molecule has 0 amide bonds. The molecular formula is C15H13N3O4. The van der Waals surface area contributed by atoms with E-state index < -0.39 is 4.92 Å². The van der Waals surface area contributed by atoms with E-state index in [1.807, 2.05) is 18.2 Å². The average Bonchev–Trinajstić information content (AvgIpc) is 3.00. The molecule has 0 bridgehead atoms. The largest absolute Gasteiger partial charge is 0.454 e. The summed E-state index contributed by atoms with van der Waals surface area (Å²) in [6, 6.07) is 11.7. The van der Waals surface area contributed by atoms with Gasteiger partial charge >= 0.3 is 0 Å². The quantitative estimate of drug-likeness (QED) is 0.493. The van der Waals surface area contributed by atoms with Gasteiger partial charge < -0.3 is 9.47 Å². The van der Waals surface area contributed by atoms with Gasteiger partial charge in [-0.25, -0.2) is 0 Å². The SMILES string of the molecule is CN(/N=C/c1ccc2c(c1)OCO2)c1ccc([N+](=O)[O-])cc1. The van der Waals surface area contributed by atoms with Crippen LogP contribution in [-0.2, 0) is 0 Å². The summed E-state index contributed by atoms with van der Waals surface area (Å²) in [6.45, 7) is 0.235. The monoisotopic (exact) mass is 299 g/mol. The Morgan fingerprint density at radius 1 is 1.18 bits per heavy atom. The lowest BCUT2D eigenvalue weighted by Crippen LogP contribution is -2.08. The summed E-state index contributed by atoms with van der Waals surface area (Å²) in [5, 5.41) is 16.6. The standard InChI is InChI=1S/C15H13N3O4/c1-17(12-3-5-13(6-4-12)18(19)20)16-9-11-2-7-14-15(8-11)22-10-21-14/h2-9H,10H2,1H3/b16-9+. The molecule has 0 unspecified atom stereocenters. The minimum absolute atomic E-state index is 0.0527. The van der Waals surface area contributed by atoms with E-state index in [9.17, 15) is 10.1 Å². The van der Waals surface area contributed by atoms with Crippen LogP contribution >= 0.6 is 0 Å². The smallest absolute Gasteiger partial charge is 0.269 e. The Morgan fingerprint density at radius 3 is 2.64 bits per heavy atom. The molecule has 22 heavy (non-hydrogen) atoms. The number of benzene rings is 2. The highest BCUT2D eigenvalue weighted by atomic mass is 16.7. The molecule has 0 spiro atoms. The van der Waals surface area contributed by atoms with Crippen molar-refractivity contribution in [3.8, 4) is 11.5 Å². The van der Waals surface area contributed by atoms with Gasteiger partial charge in [-0.2, -0.15) is 5.10 Å². The predicted molar refractivity (Wildman–Crippen MR) is 81.7 cm³/mol. The summed E-state index contributed by atoms with van der Waals surface area (Å²) in [6.07, 6.45) is 1.68. The van der Waals surface area contributed by atoms with E-state index >= 15 is 0 Å². The number of hydrazone groups is 1. The lowest BCUT2D eigenvalue weighted by atomic mass is 10.2. The molecule has 1 aliphatic heterocycles. The maximum atomic E-state index is 10.6. The Labute approximate surface area is 126 Å². The zero-order chi connectivity index (χ0) is 15.5. The lowest BCUT2D eigenvalue weighted by molar-refractivity contribution is -0.384. The van der Waals surface area contributed by atoms with Crippen LogP contribution in [0.3, 0.4) is 0 Å². The van der Waals surface area contributed by atoms with Crippen molar-refractivity contribution in [1.29, 1.82) is 0 Å². The molecular weight excluding hydrogens is 286 g/mol. The molecule has 7 nitrogen and oxygen atoms in total. The molecule has 7 heteroatoms. The second-order valence-electron chi connectivity index (χ2n) is 4.65. The summed E-state index contributed by atoms with van der Waals surface area (Å²) in [4.78, 5) is 10.2. The molecule has 0 N–H and O–H groups in total. The minimum atomic E-state index is -0.431. The van der Waals surface area contributed by atoms with Crippen LogP contribution in [0.5, 0.6) is 11.5 Å². The highest BCUT2D eigenvalue weighted by Crippen LogP contribution is 2.32. The third-order valence-electron chi connectivity index (χ3n) is 3.21. The number of non-ortho nitro benzene ring substituents is 1. The predicted octanol–water partition coefficient (Wildman–Crippen LogP) is 2.79. The molecule has 3 rings (SSSR count). The molecule has 0 atom stereocenters. The van der Waals surface area contributed by atoms with Gasteiger partial charge in [0, 0.05) is 19.2 Å². The first kappa shape index (κ1) is 13.9. The molecule has 0 fully saturated rings. The maximum absolute atomic E-state index is 10.6. The Kier molecular flexibility index (Phi) is 3.61. The van der Waals surface area contributed by atoms with Gasteiger partial charge in [-0.15, -0.1) is 0 Å². The zero-order valence-electron chi connectivity index (χ0n) is 11.8.